The molecule has 0 aliphatic heterocycles. The third kappa shape index (κ3) is 4.33. The van der Waals surface area contributed by atoms with E-state index in [4.69, 9.17) is 0 Å². The second-order valence-corrected chi connectivity index (χ2v) is 9.46. The van der Waals surface area contributed by atoms with E-state index in [1.165, 1.54) is 11.1 Å². The number of H-pyrrole nitrogens is 1. The van der Waals surface area contributed by atoms with E-state index in [0.29, 0.717) is 17.7 Å². The van der Waals surface area contributed by atoms with E-state index in [9.17, 15) is 4.55 Å². The van der Waals surface area contributed by atoms with Gasteiger partial charge in [0.15, 0.2) is 0 Å². The number of aromatic amines is 1. The third-order valence-electron chi connectivity index (χ3n) is 5.90. The number of hydrogen-bond donors (Lipinski definition) is 1. The summed E-state index contributed by atoms with van der Waals surface area (Å²) in [5, 5.41) is 1.08. The molecule has 0 saturated heterocycles. The Hall–Kier alpha value is -2.05. The zero-order valence-electron chi connectivity index (χ0n) is 16.6. The summed E-state index contributed by atoms with van der Waals surface area (Å²) in [5.41, 5.74) is 3.31. The molecule has 1 atom stereocenters. The van der Waals surface area contributed by atoms with Crippen molar-refractivity contribution in [2.24, 2.45) is 5.92 Å². The summed E-state index contributed by atoms with van der Waals surface area (Å²) in [6.07, 6.45) is 8.06. The molecule has 1 aliphatic rings. The molecule has 1 unspecified atom stereocenters. The molecule has 0 bridgehead atoms. The van der Waals surface area contributed by atoms with Crippen molar-refractivity contribution >= 4 is 28.0 Å². The Morgan fingerprint density at radius 2 is 1.86 bits per heavy atom. The number of benzene rings is 1. The molecular weight excluding hydrogens is 368 g/mol. The SMILES string of the molecule is Cc1ccc(C[S+]([O-])C[C@H]2CC[C@@H](N(C)c3ncnc4[nH]ccc34)CC2)cc1. The van der Waals surface area contributed by atoms with Crippen molar-refractivity contribution in [3.05, 3.63) is 54.0 Å². The predicted octanol–water partition coefficient (Wildman–Crippen LogP) is 4.21. The number of aromatic nitrogens is 3. The van der Waals surface area contributed by atoms with Gasteiger partial charge in [-0.3, -0.25) is 0 Å². The van der Waals surface area contributed by atoms with Crippen LogP contribution in [0.5, 0.6) is 0 Å². The molecule has 5 nitrogen and oxygen atoms in total. The van der Waals surface area contributed by atoms with Crippen molar-refractivity contribution in [1.29, 1.82) is 0 Å². The minimum absolute atomic E-state index is 0.481. The quantitative estimate of drug-likeness (QED) is 0.634. The van der Waals surface area contributed by atoms with E-state index in [-0.39, 0.29) is 0 Å². The fraction of sp³-hybridized carbons (Fsp3) is 0.455. The van der Waals surface area contributed by atoms with Crippen molar-refractivity contribution in [2.75, 3.05) is 17.7 Å². The van der Waals surface area contributed by atoms with Crippen LogP contribution in [0.3, 0.4) is 0 Å². The summed E-state index contributed by atoms with van der Waals surface area (Å²) in [6, 6.07) is 10.9. The summed E-state index contributed by atoms with van der Waals surface area (Å²) in [4.78, 5) is 14.3. The standard InChI is InChI=1S/C22H28N4OS/c1-16-3-5-17(6-4-16)13-28(27)14-18-7-9-19(10-8-18)26(2)22-20-11-12-23-21(20)24-15-25-22/h3-6,11-12,15,18-19H,7-10,13-14H2,1-2H3,(H,23,24,25)/t18-,19+,28?. The van der Waals surface area contributed by atoms with Gasteiger partial charge in [0.2, 0.25) is 0 Å². The van der Waals surface area contributed by atoms with E-state index in [2.05, 4.69) is 58.1 Å². The van der Waals surface area contributed by atoms with Crippen molar-refractivity contribution in [3.63, 3.8) is 0 Å². The molecule has 4 rings (SSSR count). The Morgan fingerprint density at radius 3 is 2.61 bits per heavy atom. The van der Waals surface area contributed by atoms with Crippen LogP contribution < -0.4 is 4.90 Å². The second-order valence-electron chi connectivity index (χ2n) is 7.96. The Morgan fingerprint density at radius 1 is 1.11 bits per heavy atom. The molecule has 0 spiro atoms. The maximum absolute atomic E-state index is 12.6. The first-order chi connectivity index (χ1) is 13.6. The van der Waals surface area contributed by atoms with Crippen LogP contribution in [0.4, 0.5) is 5.82 Å². The van der Waals surface area contributed by atoms with Crippen molar-refractivity contribution in [2.45, 2.75) is 44.4 Å². The monoisotopic (exact) mass is 396 g/mol. The maximum Gasteiger partial charge on any atom is 0.142 e. The summed E-state index contributed by atoms with van der Waals surface area (Å²) < 4.78 is 12.6. The highest BCUT2D eigenvalue weighted by Gasteiger charge is 2.28. The van der Waals surface area contributed by atoms with Gasteiger partial charge in [0.1, 0.15) is 29.3 Å². The fourth-order valence-corrected chi connectivity index (χ4v) is 5.74. The van der Waals surface area contributed by atoms with Gasteiger partial charge in [0.25, 0.3) is 0 Å². The molecule has 1 fully saturated rings. The van der Waals surface area contributed by atoms with E-state index in [0.717, 1.165) is 48.3 Å². The lowest BCUT2D eigenvalue weighted by Gasteiger charge is -2.35. The number of anilines is 1. The summed E-state index contributed by atoms with van der Waals surface area (Å²) >= 11 is -0.785. The van der Waals surface area contributed by atoms with Gasteiger partial charge in [-0.25, -0.2) is 9.97 Å². The van der Waals surface area contributed by atoms with Gasteiger partial charge in [0.05, 0.1) is 5.39 Å². The van der Waals surface area contributed by atoms with Gasteiger partial charge in [-0.2, -0.15) is 0 Å². The molecule has 6 heteroatoms. The molecular formula is C22H28N4OS. The first-order valence-electron chi connectivity index (χ1n) is 10.0. The first kappa shape index (κ1) is 19.3. The highest BCUT2D eigenvalue weighted by Crippen LogP contribution is 2.32. The molecule has 0 radical (unpaired) electrons. The predicted molar refractivity (Wildman–Crippen MR) is 116 cm³/mol. The molecule has 1 N–H and O–H groups in total. The smallest absolute Gasteiger partial charge is 0.142 e. The summed E-state index contributed by atoms with van der Waals surface area (Å²) in [7, 11) is 2.13. The Bertz CT molecular complexity index is 902. The van der Waals surface area contributed by atoms with Gasteiger partial charge in [-0.1, -0.05) is 29.8 Å². The zero-order chi connectivity index (χ0) is 19.5. The van der Waals surface area contributed by atoms with Gasteiger partial charge < -0.3 is 14.4 Å². The Labute approximate surface area is 169 Å². The lowest BCUT2D eigenvalue weighted by molar-refractivity contribution is 0.340. The minimum atomic E-state index is -0.785. The van der Waals surface area contributed by atoms with Crippen LogP contribution in [0.1, 0.15) is 36.8 Å². The lowest BCUT2D eigenvalue weighted by Crippen LogP contribution is -2.37. The average Bonchev–Trinajstić information content (AvgIpc) is 3.19. The van der Waals surface area contributed by atoms with Gasteiger partial charge in [-0.05, 0) is 49.8 Å². The Kier molecular flexibility index (Phi) is 5.87. The number of nitrogens with zero attached hydrogens (tertiary/aromatic N) is 3. The normalized spacial score (nSPS) is 21.0. The van der Waals surface area contributed by atoms with Gasteiger partial charge >= 0.3 is 0 Å². The number of nitrogens with one attached hydrogen (secondary N) is 1. The molecule has 1 aliphatic carbocycles. The number of hydrogen-bond acceptors (Lipinski definition) is 4. The van der Waals surface area contributed by atoms with Crippen LogP contribution >= 0.6 is 0 Å². The van der Waals surface area contributed by atoms with Gasteiger partial charge in [0, 0.05) is 30.8 Å². The molecule has 1 aromatic carbocycles. The van der Waals surface area contributed by atoms with Crippen molar-refractivity contribution in [1.82, 2.24) is 15.0 Å². The first-order valence-corrected chi connectivity index (χ1v) is 11.5. The molecule has 148 valence electrons. The van der Waals surface area contributed by atoms with Crippen molar-refractivity contribution in [3.8, 4) is 0 Å². The van der Waals surface area contributed by atoms with Crippen LogP contribution in [0.15, 0.2) is 42.9 Å². The molecule has 2 heterocycles. The van der Waals surface area contributed by atoms with Crippen LogP contribution in [-0.2, 0) is 16.9 Å². The van der Waals surface area contributed by atoms with E-state index >= 15 is 0 Å². The van der Waals surface area contributed by atoms with E-state index < -0.39 is 11.2 Å². The van der Waals surface area contributed by atoms with Crippen LogP contribution in [0, 0.1) is 12.8 Å². The van der Waals surface area contributed by atoms with Gasteiger partial charge in [-0.15, -0.1) is 0 Å². The van der Waals surface area contributed by atoms with Crippen LogP contribution in [-0.4, -0.2) is 38.3 Å². The number of aryl methyl sites for hydroxylation is 1. The highest BCUT2D eigenvalue weighted by molar-refractivity contribution is 7.90. The number of fused-ring (bicyclic) bond motifs is 1. The Balaban J connectivity index is 1.30. The van der Waals surface area contributed by atoms with Crippen LogP contribution in [0.25, 0.3) is 11.0 Å². The molecule has 28 heavy (non-hydrogen) atoms. The summed E-state index contributed by atoms with van der Waals surface area (Å²) in [5.74, 6) is 3.05. The number of rotatable bonds is 6. The average molecular weight is 397 g/mol. The topological polar surface area (TPSA) is 67.9 Å². The molecule has 3 aromatic rings. The lowest BCUT2D eigenvalue weighted by atomic mass is 9.86. The minimum Gasteiger partial charge on any atom is -0.616 e. The molecule has 0 amide bonds. The highest BCUT2D eigenvalue weighted by atomic mass is 32.2. The van der Waals surface area contributed by atoms with E-state index in [1.54, 1.807) is 6.33 Å². The van der Waals surface area contributed by atoms with Crippen molar-refractivity contribution < 1.29 is 4.55 Å². The zero-order valence-corrected chi connectivity index (χ0v) is 17.4. The van der Waals surface area contributed by atoms with Crippen LogP contribution in [0.2, 0.25) is 0 Å². The largest absolute Gasteiger partial charge is 0.616 e. The molecule has 2 aromatic heterocycles. The maximum atomic E-state index is 12.6. The third-order valence-corrected chi connectivity index (χ3v) is 7.40. The summed E-state index contributed by atoms with van der Waals surface area (Å²) in [6.45, 7) is 2.08. The second kappa shape index (κ2) is 8.53. The van der Waals surface area contributed by atoms with E-state index in [1.807, 2.05) is 12.3 Å². The fourth-order valence-electron chi connectivity index (χ4n) is 4.20. The molecule has 1 saturated carbocycles.